The van der Waals surface area contributed by atoms with Gasteiger partial charge in [-0.1, -0.05) is 42.5 Å². The number of fused-ring (bicyclic) bond motifs is 2. The Morgan fingerprint density at radius 2 is 1.65 bits per heavy atom. The number of ether oxygens (including phenoxy) is 1. The van der Waals surface area contributed by atoms with Crippen LogP contribution < -0.4 is 15.0 Å². The van der Waals surface area contributed by atoms with Crippen LogP contribution >= 0.6 is 0 Å². The average Bonchev–Trinajstić information content (AvgIpc) is 3.43. The summed E-state index contributed by atoms with van der Waals surface area (Å²) in [6.45, 7) is 6.18. The van der Waals surface area contributed by atoms with Gasteiger partial charge in [-0.2, -0.15) is 5.26 Å². The van der Waals surface area contributed by atoms with E-state index in [9.17, 15) is 14.9 Å². The van der Waals surface area contributed by atoms with Gasteiger partial charge in [-0.3, -0.25) is 14.5 Å². The van der Waals surface area contributed by atoms with Crippen LogP contribution in [0.5, 0.6) is 5.75 Å². The first kappa shape index (κ1) is 31.9. The van der Waals surface area contributed by atoms with Gasteiger partial charge in [-0.15, -0.1) is 0 Å². The molecule has 1 N–H and O–H groups in total. The monoisotopic (exact) mass is 649 g/mol. The van der Waals surface area contributed by atoms with Crippen LogP contribution in [0, 0.1) is 18.3 Å². The third-order valence-corrected chi connectivity index (χ3v) is 10.0. The number of nitriles is 1. The predicted octanol–water partition coefficient (Wildman–Crippen LogP) is 7.09. The van der Waals surface area contributed by atoms with Crippen LogP contribution in [0.1, 0.15) is 61.2 Å². The normalized spacial score (nSPS) is 15.2. The number of carbonyl (C=O) groups excluding carboxylic acids is 2. The summed E-state index contributed by atoms with van der Waals surface area (Å²) in [6.07, 6.45) is 1.67. The van der Waals surface area contributed by atoms with Gasteiger partial charge < -0.3 is 19.5 Å². The lowest BCUT2D eigenvalue weighted by Crippen LogP contribution is -2.43. The number of methoxy groups -OCH3 is 1. The molecule has 8 nitrogen and oxygen atoms in total. The van der Waals surface area contributed by atoms with Crippen molar-refractivity contribution in [3.05, 3.63) is 136 Å². The van der Waals surface area contributed by atoms with E-state index < -0.39 is 0 Å². The van der Waals surface area contributed by atoms with Crippen molar-refractivity contribution in [2.75, 3.05) is 18.6 Å². The van der Waals surface area contributed by atoms with E-state index in [0.29, 0.717) is 46.9 Å². The SMILES string of the molecule is COc1ccc(N(C(=O)c2cc(-c3cc4c(cc3C(=O)N3Cc5ccccc5C[C@H]3C)CNCC4)n(C)c2C)c2ccccc2)cc1C#N. The molecule has 2 aliphatic heterocycles. The summed E-state index contributed by atoms with van der Waals surface area (Å²) in [5.41, 5.74) is 9.91. The minimum atomic E-state index is -0.240. The molecule has 0 aliphatic carbocycles. The third kappa shape index (κ3) is 5.77. The van der Waals surface area contributed by atoms with Crippen LogP contribution in [0.2, 0.25) is 0 Å². The minimum Gasteiger partial charge on any atom is -0.495 e. The van der Waals surface area contributed by atoms with E-state index in [4.69, 9.17) is 4.74 Å². The molecule has 5 aromatic rings. The molecule has 0 radical (unpaired) electrons. The first-order chi connectivity index (χ1) is 23.8. The van der Waals surface area contributed by atoms with Gasteiger partial charge in [0.05, 0.1) is 23.9 Å². The highest BCUT2D eigenvalue weighted by molar-refractivity contribution is 6.12. The van der Waals surface area contributed by atoms with Crippen LogP contribution in [0.25, 0.3) is 11.3 Å². The average molecular weight is 650 g/mol. The van der Waals surface area contributed by atoms with Gasteiger partial charge in [0, 0.05) is 54.4 Å². The van der Waals surface area contributed by atoms with Gasteiger partial charge in [-0.05, 0) is 104 Å². The molecule has 0 saturated carbocycles. The number of nitrogens with zero attached hydrogens (tertiary/aromatic N) is 4. The second kappa shape index (κ2) is 13.1. The fourth-order valence-electron chi connectivity index (χ4n) is 7.20. The Morgan fingerprint density at radius 1 is 0.898 bits per heavy atom. The van der Waals surface area contributed by atoms with E-state index in [1.165, 1.54) is 23.8 Å². The fraction of sp³-hybridized carbons (Fsp3) is 0.244. The van der Waals surface area contributed by atoms with Crippen LogP contribution in [0.4, 0.5) is 11.4 Å². The molecule has 2 amide bonds. The van der Waals surface area contributed by atoms with E-state index in [0.717, 1.165) is 41.9 Å². The lowest BCUT2D eigenvalue weighted by molar-refractivity contribution is 0.0658. The molecule has 2 aliphatic rings. The van der Waals surface area contributed by atoms with Gasteiger partial charge in [0.25, 0.3) is 11.8 Å². The maximum atomic E-state index is 14.7. The molecule has 7 rings (SSSR count). The molecule has 4 aromatic carbocycles. The number of amides is 2. The highest BCUT2D eigenvalue weighted by Gasteiger charge is 2.32. The fourth-order valence-corrected chi connectivity index (χ4v) is 7.20. The molecular formula is C41H39N5O3. The highest BCUT2D eigenvalue weighted by atomic mass is 16.5. The van der Waals surface area contributed by atoms with Crippen molar-refractivity contribution in [2.24, 2.45) is 7.05 Å². The molecule has 49 heavy (non-hydrogen) atoms. The Hall–Kier alpha value is -5.65. The Bertz CT molecular complexity index is 2130. The largest absolute Gasteiger partial charge is 0.495 e. The molecule has 0 fully saturated rings. The number of aromatic nitrogens is 1. The van der Waals surface area contributed by atoms with Gasteiger partial charge in [0.1, 0.15) is 11.8 Å². The lowest BCUT2D eigenvalue weighted by atomic mass is 9.90. The van der Waals surface area contributed by atoms with Crippen molar-refractivity contribution < 1.29 is 14.3 Å². The van der Waals surface area contributed by atoms with Crippen molar-refractivity contribution in [1.29, 1.82) is 5.26 Å². The van der Waals surface area contributed by atoms with E-state index in [-0.39, 0.29) is 17.9 Å². The van der Waals surface area contributed by atoms with Gasteiger partial charge in [0.15, 0.2) is 0 Å². The van der Waals surface area contributed by atoms with Crippen molar-refractivity contribution in [2.45, 2.75) is 45.8 Å². The molecule has 8 heteroatoms. The number of carbonyl (C=O) groups is 2. The summed E-state index contributed by atoms with van der Waals surface area (Å²) in [5.74, 6) is 0.192. The number of hydrogen-bond donors (Lipinski definition) is 1. The van der Waals surface area contributed by atoms with Crippen molar-refractivity contribution in [3.8, 4) is 23.1 Å². The number of anilines is 2. The van der Waals surface area contributed by atoms with Crippen molar-refractivity contribution in [1.82, 2.24) is 14.8 Å². The maximum absolute atomic E-state index is 14.7. The summed E-state index contributed by atoms with van der Waals surface area (Å²) in [6, 6.07) is 31.3. The van der Waals surface area contributed by atoms with Crippen molar-refractivity contribution in [3.63, 3.8) is 0 Å². The Kier molecular flexibility index (Phi) is 8.53. The highest BCUT2D eigenvalue weighted by Crippen LogP contribution is 2.37. The van der Waals surface area contributed by atoms with Gasteiger partial charge in [0.2, 0.25) is 0 Å². The summed E-state index contributed by atoms with van der Waals surface area (Å²) in [5, 5.41) is 13.3. The molecule has 0 unspecified atom stereocenters. The van der Waals surface area contributed by atoms with E-state index in [1.807, 2.05) is 65.9 Å². The second-order valence-electron chi connectivity index (χ2n) is 12.9. The number of rotatable bonds is 6. The van der Waals surface area contributed by atoms with Crippen molar-refractivity contribution >= 4 is 23.2 Å². The summed E-state index contributed by atoms with van der Waals surface area (Å²) in [4.78, 5) is 32.9. The number of benzene rings is 4. The third-order valence-electron chi connectivity index (χ3n) is 10.0. The zero-order chi connectivity index (χ0) is 34.2. The molecular weight excluding hydrogens is 610 g/mol. The van der Waals surface area contributed by atoms with E-state index >= 15 is 0 Å². The zero-order valence-corrected chi connectivity index (χ0v) is 28.3. The zero-order valence-electron chi connectivity index (χ0n) is 28.3. The standard InChI is InChI=1S/C41H39N5O3/c1-26-18-28-10-8-9-11-30(28)25-45(26)40(47)37-21-32-24-43-17-16-29(32)20-36(37)38-22-35(27(2)44(38)3)41(48)46(33-12-6-5-7-13-33)34-14-15-39(49-4)31(19-34)23-42/h5-15,19-22,26,43H,16-18,24-25H2,1-4H3/t26-/m1/s1. The second-order valence-corrected chi connectivity index (χ2v) is 12.9. The van der Waals surface area contributed by atoms with Gasteiger partial charge in [-0.25, -0.2) is 0 Å². The quantitative estimate of drug-likeness (QED) is 0.212. The Labute approximate surface area is 287 Å². The smallest absolute Gasteiger partial charge is 0.264 e. The summed E-state index contributed by atoms with van der Waals surface area (Å²) in [7, 11) is 3.47. The minimum absolute atomic E-state index is 0.00900. The summed E-state index contributed by atoms with van der Waals surface area (Å²) >= 11 is 0. The summed E-state index contributed by atoms with van der Waals surface area (Å²) < 4.78 is 7.40. The van der Waals surface area contributed by atoms with Crippen LogP contribution in [0.15, 0.2) is 91.0 Å². The van der Waals surface area contributed by atoms with Crippen LogP contribution in [-0.2, 0) is 33.0 Å². The number of hydrogen-bond acceptors (Lipinski definition) is 5. The molecule has 1 aromatic heterocycles. The first-order valence-electron chi connectivity index (χ1n) is 16.7. The predicted molar refractivity (Wildman–Crippen MR) is 191 cm³/mol. The van der Waals surface area contributed by atoms with E-state index in [2.05, 4.69) is 48.6 Å². The topological polar surface area (TPSA) is 90.6 Å². The Balaban J connectivity index is 1.34. The molecule has 3 heterocycles. The molecule has 0 spiro atoms. The lowest BCUT2D eigenvalue weighted by Gasteiger charge is -2.35. The van der Waals surface area contributed by atoms with Gasteiger partial charge >= 0.3 is 0 Å². The number of nitrogens with one attached hydrogen (secondary N) is 1. The maximum Gasteiger partial charge on any atom is 0.264 e. The Morgan fingerprint density at radius 3 is 2.41 bits per heavy atom. The van der Waals surface area contributed by atoms with Crippen LogP contribution in [-0.4, -0.2) is 41.0 Å². The molecule has 0 bridgehead atoms. The molecule has 1 atom stereocenters. The molecule has 0 saturated heterocycles. The van der Waals surface area contributed by atoms with E-state index in [1.54, 1.807) is 23.1 Å². The van der Waals surface area contributed by atoms with Crippen LogP contribution in [0.3, 0.4) is 0 Å². The molecule has 246 valence electrons. The first-order valence-corrected chi connectivity index (χ1v) is 16.7. The number of para-hydroxylation sites is 1.